The van der Waals surface area contributed by atoms with Crippen LogP contribution in [0.1, 0.15) is 5.69 Å². The Labute approximate surface area is 124 Å². The van der Waals surface area contributed by atoms with Gasteiger partial charge in [0.25, 0.3) is 0 Å². The minimum atomic E-state index is 0. The molecule has 0 atom stereocenters. The molecule has 2 rings (SSSR count). The van der Waals surface area contributed by atoms with E-state index in [0.717, 1.165) is 17.0 Å². The van der Waals surface area contributed by atoms with Crippen LogP contribution in [0.2, 0.25) is 0 Å². The van der Waals surface area contributed by atoms with Crippen LogP contribution in [0.3, 0.4) is 0 Å². The number of hydrogen-bond acceptors (Lipinski definition) is 3. The first-order valence-corrected chi connectivity index (χ1v) is 4.27. The third-order valence-electron chi connectivity index (χ3n) is 1.87. The molecule has 0 N–H and O–H groups in total. The summed E-state index contributed by atoms with van der Waals surface area (Å²) in [5, 5.41) is 0. The van der Waals surface area contributed by atoms with Crippen LogP contribution in [0.4, 0.5) is 0 Å². The number of hydrogen-bond donors (Lipinski definition) is 0. The van der Waals surface area contributed by atoms with E-state index in [9.17, 15) is 0 Å². The molecule has 1 nitrogen and oxygen atoms in total. The molecule has 1 aromatic heterocycles. The molecule has 0 saturated carbocycles. The van der Waals surface area contributed by atoms with Crippen molar-refractivity contribution in [2.75, 3.05) is 0 Å². The third kappa shape index (κ3) is 4.71. The zero-order valence-electron chi connectivity index (χ0n) is 8.72. The van der Waals surface area contributed by atoms with Gasteiger partial charge in [-0.15, -0.1) is 35.9 Å². The molecule has 0 spiro atoms. The van der Waals surface area contributed by atoms with Crippen LogP contribution in [0.5, 0.6) is 0 Å². The SMILES string of the molecule is Cc1cccc(-c2[c-]cccc2)n1.[Ir+3].[SH-].[SH-]. The van der Waals surface area contributed by atoms with E-state index in [0.29, 0.717) is 0 Å². The minimum absolute atomic E-state index is 0. The summed E-state index contributed by atoms with van der Waals surface area (Å²) in [4.78, 5) is 4.41. The van der Waals surface area contributed by atoms with Crippen molar-refractivity contribution in [1.29, 1.82) is 0 Å². The van der Waals surface area contributed by atoms with Crippen LogP contribution in [-0.4, -0.2) is 4.98 Å². The topological polar surface area (TPSA) is 12.9 Å². The summed E-state index contributed by atoms with van der Waals surface area (Å²) < 4.78 is 0. The minimum Gasteiger partial charge on any atom is -0.813 e. The van der Waals surface area contributed by atoms with Crippen molar-refractivity contribution in [2.24, 2.45) is 0 Å². The quantitative estimate of drug-likeness (QED) is 0.395. The van der Waals surface area contributed by atoms with E-state index in [1.165, 1.54) is 0 Å². The van der Waals surface area contributed by atoms with Gasteiger partial charge in [0.15, 0.2) is 0 Å². The smallest absolute Gasteiger partial charge is 0.813 e. The van der Waals surface area contributed by atoms with E-state index in [1.807, 2.05) is 49.4 Å². The molecule has 2 aromatic rings. The van der Waals surface area contributed by atoms with E-state index in [4.69, 9.17) is 0 Å². The van der Waals surface area contributed by atoms with Crippen molar-refractivity contribution >= 4 is 27.0 Å². The standard InChI is InChI=1S/C12H10N.Ir.2H2S/c1-10-6-5-9-12(13-10)11-7-3-2-4-8-11;;;/h2-7,9H,1H3;;2*1H2/q-1;+3;;/p-2. The van der Waals surface area contributed by atoms with E-state index >= 15 is 0 Å². The summed E-state index contributed by atoms with van der Waals surface area (Å²) in [6, 6.07) is 17.0. The Bertz CT molecular complexity index is 407. The monoisotopic (exact) mass is 427 g/mol. The van der Waals surface area contributed by atoms with Gasteiger partial charge in [-0.2, -0.15) is 0 Å². The average molecular weight is 427 g/mol. The van der Waals surface area contributed by atoms with Crippen LogP contribution in [-0.2, 0) is 47.1 Å². The molecule has 0 radical (unpaired) electrons. The summed E-state index contributed by atoms with van der Waals surface area (Å²) in [6.45, 7) is 1.99. The number of rotatable bonds is 1. The van der Waals surface area contributed by atoms with Crippen molar-refractivity contribution in [3.05, 3.63) is 54.2 Å². The second kappa shape index (κ2) is 8.82. The maximum absolute atomic E-state index is 4.41. The molecule has 1 heterocycles. The molecule has 0 amide bonds. The number of pyridine rings is 1. The number of benzene rings is 1. The zero-order valence-corrected chi connectivity index (χ0v) is 12.9. The Balaban J connectivity index is 0. The first kappa shape index (κ1) is 18.1. The summed E-state index contributed by atoms with van der Waals surface area (Å²) in [5.74, 6) is 0. The van der Waals surface area contributed by atoms with Gasteiger partial charge in [0.1, 0.15) is 0 Å². The van der Waals surface area contributed by atoms with Crippen molar-refractivity contribution in [3.63, 3.8) is 0 Å². The van der Waals surface area contributed by atoms with E-state index in [1.54, 1.807) is 0 Å². The Morgan fingerprint density at radius 1 is 1.00 bits per heavy atom. The number of thiol groups is 2. The molecule has 0 aliphatic heterocycles. The maximum atomic E-state index is 4.41. The van der Waals surface area contributed by atoms with Gasteiger partial charge >= 0.3 is 20.1 Å². The Hall–Kier alpha value is -0.281. The molecule has 4 heteroatoms. The molecule has 0 unspecified atom stereocenters. The number of aromatic nitrogens is 1. The summed E-state index contributed by atoms with van der Waals surface area (Å²) in [5.41, 5.74) is 3.07. The van der Waals surface area contributed by atoms with Crippen LogP contribution < -0.4 is 0 Å². The average Bonchev–Trinajstić information content (AvgIpc) is 2.19. The number of nitrogens with zero attached hydrogens (tertiary/aromatic N) is 1. The van der Waals surface area contributed by atoms with Crippen molar-refractivity contribution < 1.29 is 20.1 Å². The van der Waals surface area contributed by atoms with Gasteiger partial charge in [0.05, 0.1) is 0 Å². The first-order valence-electron chi connectivity index (χ1n) is 4.27. The fraction of sp³-hybridized carbons (Fsp3) is 0.0833. The van der Waals surface area contributed by atoms with Crippen LogP contribution in [0, 0.1) is 13.0 Å². The maximum Gasteiger partial charge on any atom is 3.00 e. The van der Waals surface area contributed by atoms with Crippen molar-refractivity contribution in [2.45, 2.75) is 6.92 Å². The fourth-order valence-corrected chi connectivity index (χ4v) is 1.25. The van der Waals surface area contributed by atoms with Gasteiger partial charge in [-0.25, -0.2) is 0 Å². The van der Waals surface area contributed by atoms with Gasteiger partial charge < -0.3 is 32.0 Å². The van der Waals surface area contributed by atoms with Crippen molar-refractivity contribution in [1.82, 2.24) is 4.98 Å². The predicted molar refractivity (Wildman–Crippen MR) is 70.8 cm³/mol. The van der Waals surface area contributed by atoms with Gasteiger partial charge in [-0.3, -0.25) is 0 Å². The van der Waals surface area contributed by atoms with Gasteiger partial charge in [-0.05, 0) is 18.7 Å². The van der Waals surface area contributed by atoms with Crippen LogP contribution in [0.15, 0.2) is 42.5 Å². The van der Waals surface area contributed by atoms with E-state index in [-0.39, 0.29) is 47.1 Å². The summed E-state index contributed by atoms with van der Waals surface area (Å²) in [6.07, 6.45) is 0. The Morgan fingerprint density at radius 3 is 2.31 bits per heavy atom. The third-order valence-corrected chi connectivity index (χ3v) is 1.87. The molecule has 0 aliphatic carbocycles. The molecule has 0 bridgehead atoms. The molecular formula is C12H12IrNS2. The molecule has 0 fully saturated rings. The second-order valence-corrected chi connectivity index (χ2v) is 2.94. The normalized spacial score (nSPS) is 8.06. The van der Waals surface area contributed by atoms with Crippen LogP contribution in [0.25, 0.3) is 11.3 Å². The molecule has 0 saturated heterocycles. The first-order chi connectivity index (χ1) is 6.36. The molecular weight excluding hydrogens is 414 g/mol. The summed E-state index contributed by atoms with van der Waals surface area (Å²) >= 11 is 0. The molecule has 0 aliphatic rings. The van der Waals surface area contributed by atoms with Crippen molar-refractivity contribution in [3.8, 4) is 11.3 Å². The van der Waals surface area contributed by atoms with Gasteiger partial charge in [-0.1, -0.05) is 12.1 Å². The van der Waals surface area contributed by atoms with E-state index < -0.39 is 0 Å². The fourth-order valence-electron chi connectivity index (χ4n) is 1.25. The number of aryl methyl sites for hydroxylation is 1. The Morgan fingerprint density at radius 2 is 1.75 bits per heavy atom. The Kier molecular flexibility index (Phi) is 9.98. The molecule has 16 heavy (non-hydrogen) atoms. The van der Waals surface area contributed by atoms with E-state index in [2.05, 4.69) is 11.1 Å². The second-order valence-electron chi connectivity index (χ2n) is 2.94. The van der Waals surface area contributed by atoms with Crippen LogP contribution >= 0.6 is 0 Å². The summed E-state index contributed by atoms with van der Waals surface area (Å²) in [7, 11) is 0. The predicted octanol–water partition coefficient (Wildman–Crippen LogP) is 2.31. The molecule has 86 valence electrons. The van der Waals surface area contributed by atoms with Gasteiger partial charge in [0.2, 0.25) is 0 Å². The largest absolute Gasteiger partial charge is 3.00 e. The van der Waals surface area contributed by atoms with Gasteiger partial charge in [0, 0.05) is 5.69 Å². The zero-order chi connectivity index (χ0) is 9.10. The molecule has 1 aromatic carbocycles.